The van der Waals surface area contributed by atoms with Gasteiger partial charge in [-0.05, 0) is 42.8 Å². The smallest absolute Gasteiger partial charge is 0.338 e. The number of nitriles is 1. The van der Waals surface area contributed by atoms with Gasteiger partial charge >= 0.3 is 5.97 Å². The first kappa shape index (κ1) is 14.1. The lowest BCUT2D eigenvalue weighted by Gasteiger charge is -2.06. The number of aromatic carboxylic acids is 1. The van der Waals surface area contributed by atoms with E-state index in [4.69, 9.17) is 10.4 Å². The quantitative estimate of drug-likeness (QED) is 0.931. The van der Waals surface area contributed by atoms with Gasteiger partial charge in [0.2, 0.25) is 0 Å². The van der Waals surface area contributed by atoms with Crippen LogP contribution in [0, 0.1) is 24.1 Å². The Kier molecular flexibility index (Phi) is 4.06. The van der Waals surface area contributed by atoms with Gasteiger partial charge < -0.3 is 5.11 Å². The Morgan fingerprint density at radius 3 is 2.70 bits per heavy atom. The van der Waals surface area contributed by atoms with Crippen LogP contribution in [0.1, 0.15) is 21.5 Å². The van der Waals surface area contributed by atoms with Crippen molar-refractivity contribution in [2.24, 2.45) is 0 Å². The van der Waals surface area contributed by atoms with Crippen LogP contribution in [0.25, 0.3) is 0 Å². The second kappa shape index (κ2) is 5.76. The van der Waals surface area contributed by atoms with E-state index in [1.165, 1.54) is 23.9 Å². The van der Waals surface area contributed by atoms with Crippen molar-refractivity contribution in [3.8, 4) is 6.07 Å². The van der Waals surface area contributed by atoms with Gasteiger partial charge in [-0.1, -0.05) is 17.8 Å². The van der Waals surface area contributed by atoms with Crippen LogP contribution in [0.15, 0.2) is 46.2 Å². The number of nitrogens with zero attached hydrogens (tertiary/aromatic N) is 1. The fourth-order valence-electron chi connectivity index (χ4n) is 1.68. The van der Waals surface area contributed by atoms with Gasteiger partial charge in [0.15, 0.2) is 0 Å². The maximum atomic E-state index is 13.3. The summed E-state index contributed by atoms with van der Waals surface area (Å²) in [6.07, 6.45) is 0. The average molecular weight is 287 g/mol. The number of rotatable bonds is 3. The first-order valence-corrected chi connectivity index (χ1v) is 6.54. The molecule has 5 heteroatoms. The number of aryl methyl sites for hydroxylation is 1. The first-order chi connectivity index (χ1) is 9.51. The van der Waals surface area contributed by atoms with E-state index >= 15 is 0 Å². The lowest BCUT2D eigenvalue weighted by Crippen LogP contribution is -2.00. The lowest BCUT2D eigenvalue weighted by molar-refractivity contribution is 0.0691. The summed E-state index contributed by atoms with van der Waals surface area (Å²) in [6, 6.07) is 11.4. The molecule has 0 atom stereocenters. The number of halogens is 1. The highest BCUT2D eigenvalue weighted by Crippen LogP contribution is 2.31. The summed E-state index contributed by atoms with van der Waals surface area (Å²) in [4.78, 5) is 12.2. The van der Waals surface area contributed by atoms with Crippen molar-refractivity contribution in [2.75, 3.05) is 0 Å². The minimum Gasteiger partial charge on any atom is -0.478 e. The molecule has 20 heavy (non-hydrogen) atoms. The normalized spacial score (nSPS) is 10.1. The van der Waals surface area contributed by atoms with Crippen LogP contribution in [0.5, 0.6) is 0 Å². The number of carbonyl (C=O) groups is 1. The van der Waals surface area contributed by atoms with Crippen LogP contribution in [0.3, 0.4) is 0 Å². The average Bonchev–Trinajstić information content (AvgIpc) is 2.42. The van der Waals surface area contributed by atoms with Crippen molar-refractivity contribution in [1.29, 1.82) is 5.26 Å². The van der Waals surface area contributed by atoms with E-state index in [9.17, 15) is 9.18 Å². The molecule has 0 fully saturated rings. The van der Waals surface area contributed by atoms with Crippen LogP contribution in [-0.4, -0.2) is 11.1 Å². The minimum atomic E-state index is -1.31. The van der Waals surface area contributed by atoms with Gasteiger partial charge in [-0.3, -0.25) is 0 Å². The van der Waals surface area contributed by atoms with Crippen molar-refractivity contribution < 1.29 is 14.3 Å². The molecular formula is C15H10FNO2S. The van der Waals surface area contributed by atoms with Crippen LogP contribution >= 0.6 is 11.8 Å². The highest BCUT2D eigenvalue weighted by Gasteiger charge is 2.12. The van der Waals surface area contributed by atoms with E-state index in [2.05, 4.69) is 6.07 Å². The Bertz CT molecular complexity index is 722. The number of benzene rings is 2. The number of carboxylic acid groups (broad SMARTS) is 1. The molecule has 0 amide bonds. The largest absolute Gasteiger partial charge is 0.478 e. The Morgan fingerprint density at radius 1 is 1.30 bits per heavy atom. The number of hydrogen-bond acceptors (Lipinski definition) is 3. The fraction of sp³-hybridized carbons (Fsp3) is 0.0667. The molecule has 3 nitrogen and oxygen atoms in total. The summed E-state index contributed by atoms with van der Waals surface area (Å²) < 4.78 is 13.3. The second-order valence-electron chi connectivity index (χ2n) is 4.16. The number of hydrogen-bond donors (Lipinski definition) is 1. The van der Waals surface area contributed by atoms with Gasteiger partial charge in [0.1, 0.15) is 11.9 Å². The molecule has 0 aromatic heterocycles. The maximum Gasteiger partial charge on any atom is 0.338 e. The third-order valence-electron chi connectivity index (χ3n) is 2.65. The first-order valence-electron chi connectivity index (χ1n) is 5.72. The molecule has 0 saturated carbocycles. The molecule has 2 aromatic rings. The van der Waals surface area contributed by atoms with Crippen LogP contribution in [0.2, 0.25) is 0 Å². The summed E-state index contributed by atoms with van der Waals surface area (Å²) in [5, 5.41) is 18.0. The topological polar surface area (TPSA) is 61.1 Å². The SMILES string of the molecule is Cc1ccc(Sc2ccc(F)c(C(=O)O)c2)c(C#N)c1. The Labute approximate surface area is 119 Å². The molecule has 0 aliphatic heterocycles. The molecule has 0 radical (unpaired) electrons. The maximum absolute atomic E-state index is 13.3. The van der Waals surface area contributed by atoms with Gasteiger partial charge in [-0.2, -0.15) is 5.26 Å². The molecule has 0 aliphatic carbocycles. The third kappa shape index (κ3) is 2.98. The van der Waals surface area contributed by atoms with Gasteiger partial charge in [-0.25, -0.2) is 9.18 Å². The van der Waals surface area contributed by atoms with E-state index in [1.54, 1.807) is 12.1 Å². The van der Waals surface area contributed by atoms with Crippen LogP contribution in [-0.2, 0) is 0 Å². The van der Waals surface area contributed by atoms with Crippen LogP contribution in [0.4, 0.5) is 4.39 Å². The van der Waals surface area contributed by atoms with E-state index in [1.807, 2.05) is 13.0 Å². The zero-order chi connectivity index (χ0) is 14.7. The Morgan fingerprint density at radius 2 is 2.05 bits per heavy atom. The summed E-state index contributed by atoms with van der Waals surface area (Å²) in [7, 11) is 0. The van der Waals surface area contributed by atoms with E-state index in [0.29, 0.717) is 15.4 Å². The van der Waals surface area contributed by atoms with Crippen molar-refractivity contribution in [3.63, 3.8) is 0 Å². The molecule has 1 N–H and O–H groups in total. The summed E-state index contributed by atoms with van der Waals surface area (Å²) >= 11 is 1.24. The molecule has 0 unspecified atom stereocenters. The van der Waals surface area contributed by atoms with Crippen LogP contribution < -0.4 is 0 Å². The van der Waals surface area contributed by atoms with Gasteiger partial charge in [0.25, 0.3) is 0 Å². The lowest BCUT2D eigenvalue weighted by atomic mass is 10.2. The van der Waals surface area contributed by atoms with E-state index in [-0.39, 0.29) is 5.56 Å². The van der Waals surface area contributed by atoms with Gasteiger partial charge in [0, 0.05) is 9.79 Å². The summed E-state index contributed by atoms with van der Waals surface area (Å²) in [6.45, 7) is 1.88. The minimum absolute atomic E-state index is 0.374. The molecule has 0 heterocycles. The molecule has 0 saturated heterocycles. The second-order valence-corrected chi connectivity index (χ2v) is 5.28. The number of carboxylic acids is 1. The highest BCUT2D eigenvalue weighted by atomic mass is 32.2. The Balaban J connectivity index is 2.38. The van der Waals surface area contributed by atoms with Gasteiger partial charge in [-0.15, -0.1) is 0 Å². The highest BCUT2D eigenvalue weighted by molar-refractivity contribution is 7.99. The monoisotopic (exact) mass is 287 g/mol. The molecule has 2 rings (SSSR count). The zero-order valence-corrected chi connectivity index (χ0v) is 11.4. The van der Waals surface area contributed by atoms with Crippen molar-refractivity contribution >= 4 is 17.7 Å². The van der Waals surface area contributed by atoms with E-state index < -0.39 is 11.8 Å². The van der Waals surface area contributed by atoms with Gasteiger partial charge in [0.05, 0.1) is 11.1 Å². The van der Waals surface area contributed by atoms with Crippen molar-refractivity contribution in [2.45, 2.75) is 16.7 Å². The van der Waals surface area contributed by atoms with Crippen molar-refractivity contribution in [3.05, 3.63) is 58.9 Å². The summed E-state index contributed by atoms with van der Waals surface area (Å²) in [5.74, 6) is -2.08. The standard InChI is InChI=1S/C15H10FNO2S/c1-9-2-5-14(10(6-9)8-17)20-11-3-4-13(16)12(7-11)15(18)19/h2-7H,1H3,(H,18,19). The zero-order valence-electron chi connectivity index (χ0n) is 10.6. The predicted molar refractivity (Wildman–Crippen MR) is 73.4 cm³/mol. The predicted octanol–water partition coefficient (Wildman–Crippen LogP) is 3.86. The molecule has 2 aromatic carbocycles. The Hall–Kier alpha value is -2.32. The molecule has 0 aliphatic rings. The molecule has 100 valence electrons. The summed E-state index contributed by atoms with van der Waals surface area (Å²) in [5.41, 5.74) is 1.10. The van der Waals surface area contributed by atoms with E-state index in [0.717, 1.165) is 11.6 Å². The fourth-order valence-corrected chi connectivity index (χ4v) is 2.60. The third-order valence-corrected chi connectivity index (χ3v) is 3.72. The van der Waals surface area contributed by atoms with Crippen molar-refractivity contribution in [1.82, 2.24) is 0 Å². The molecular weight excluding hydrogens is 277 g/mol. The molecule has 0 spiro atoms. The molecule has 0 bridgehead atoms.